The van der Waals surface area contributed by atoms with Gasteiger partial charge in [-0.25, -0.2) is 4.98 Å². The molecular weight excluding hydrogens is 428 g/mol. The number of benzene rings is 1. The summed E-state index contributed by atoms with van der Waals surface area (Å²) < 4.78 is 0.927. The highest BCUT2D eigenvalue weighted by atomic mass is 79.9. The van der Waals surface area contributed by atoms with Crippen LogP contribution in [0.25, 0.3) is 22.2 Å². The fourth-order valence-corrected chi connectivity index (χ4v) is 4.29. The number of halogens is 1. The number of carbonyl (C=O) groups excluding carboxylic acids is 1. The molecular formula is C23H25BrN4O. The van der Waals surface area contributed by atoms with Gasteiger partial charge in [0.15, 0.2) is 0 Å². The molecule has 0 unspecified atom stereocenters. The second kappa shape index (κ2) is 9.01. The van der Waals surface area contributed by atoms with E-state index in [9.17, 15) is 4.79 Å². The number of aromatic nitrogens is 2. The molecule has 150 valence electrons. The van der Waals surface area contributed by atoms with E-state index in [1.165, 1.54) is 19.3 Å². The predicted molar refractivity (Wildman–Crippen MR) is 120 cm³/mol. The van der Waals surface area contributed by atoms with Crippen molar-refractivity contribution in [2.75, 3.05) is 19.6 Å². The molecule has 0 bridgehead atoms. The molecule has 1 fully saturated rings. The zero-order chi connectivity index (χ0) is 20.2. The molecule has 1 amide bonds. The summed E-state index contributed by atoms with van der Waals surface area (Å²) in [4.78, 5) is 24.6. The fraction of sp³-hybridized carbons (Fsp3) is 0.348. The van der Waals surface area contributed by atoms with Crippen molar-refractivity contribution in [3.05, 3.63) is 58.8 Å². The Bertz CT molecular complexity index is 1000. The molecule has 0 saturated carbocycles. The van der Waals surface area contributed by atoms with Crippen molar-refractivity contribution in [2.45, 2.75) is 32.2 Å². The van der Waals surface area contributed by atoms with Crippen molar-refractivity contribution < 1.29 is 4.79 Å². The smallest absolute Gasteiger partial charge is 0.252 e. The van der Waals surface area contributed by atoms with Gasteiger partial charge in [-0.05, 0) is 69.3 Å². The van der Waals surface area contributed by atoms with Crippen LogP contribution in [0.3, 0.4) is 0 Å². The van der Waals surface area contributed by atoms with Crippen LogP contribution in [0.2, 0.25) is 0 Å². The molecule has 1 aliphatic rings. The molecule has 5 nitrogen and oxygen atoms in total. The summed E-state index contributed by atoms with van der Waals surface area (Å²) in [6.45, 7) is 5.20. The van der Waals surface area contributed by atoms with Gasteiger partial charge >= 0.3 is 0 Å². The summed E-state index contributed by atoms with van der Waals surface area (Å²) in [7, 11) is 0. The van der Waals surface area contributed by atoms with Crippen LogP contribution in [0.4, 0.5) is 0 Å². The Balaban J connectivity index is 1.63. The Hall–Kier alpha value is -2.31. The van der Waals surface area contributed by atoms with Crippen molar-refractivity contribution in [3.63, 3.8) is 0 Å². The summed E-state index contributed by atoms with van der Waals surface area (Å²) in [5.74, 6) is -0.0647. The minimum atomic E-state index is -0.0647. The predicted octanol–water partition coefficient (Wildman–Crippen LogP) is 4.66. The third-order valence-electron chi connectivity index (χ3n) is 5.33. The van der Waals surface area contributed by atoms with Gasteiger partial charge in [-0.1, -0.05) is 22.4 Å². The number of rotatable bonds is 5. The Morgan fingerprint density at radius 3 is 2.79 bits per heavy atom. The van der Waals surface area contributed by atoms with E-state index < -0.39 is 0 Å². The Morgan fingerprint density at radius 1 is 1.21 bits per heavy atom. The van der Waals surface area contributed by atoms with Gasteiger partial charge in [-0.2, -0.15) is 0 Å². The highest BCUT2D eigenvalue weighted by Crippen LogP contribution is 2.27. The molecule has 3 heterocycles. The molecule has 1 saturated heterocycles. The van der Waals surface area contributed by atoms with Crippen LogP contribution >= 0.6 is 15.9 Å². The van der Waals surface area contributed by atoms with Gasteiger partial charge in [0.2, 0.25) is 0 Å². The first kappa shape index (κ1) is 20.0. The lowest BCUT2D eigenvalue weighted by atomic mass is 10.0. The van der Waals surface area contributed by atoms with Crippen molar-refractivity contribution in [1.29, 1.82) is 0 Å². The number of fused-ring (bicyclic) bond motifs is 1. The van der Waals surface area contributed by atoms with E-state index in [4.69, 9.17) is 4.98 Å². The molecule has 6 heteroatoms. The van der Waals surface area contributed by atoms with E-state index in [0.717, 1.165) is 46.3 Å². The van der Waals surface area contributed by atoms with E-state index in [-0.39, 0.29) is 11.9 Å². The van der Waals surface area contributed by atoms with Crippen LogP contribution in [0.5, 0.6) is 0 Å². The van der Waals surface area contributed by atoms with E-state index in [0.29, 0.717) is 5.56 Å². The molecule has 1 aromatic carbocycles. The zero-order valence-electron chi connectivity index (χ0n) is 16.6. The minimum Gasteiger partial charge on any atom is -0.348 e. The first-order valence-corrected chi connectivity index (χ1v) is 10.9. The lowest BCUT2D eigenvalue weighted by Gasteiger charge is -2.29. The van der Waals surface area contributed by atoms with E-state index in [2.05, 4.69) is 38.1 Å². The Labute approximate surface area is 179 Å². The van der Waals surface area contributed by atoms with Crippen LogP contribution in [0.1, 0.15) is 36.5 Å². The standard InChI is InChI=1S/C23H25BrN4O/c1-16(15-28-10-3-2-4-11-28)26-23(29)20-13-22(17-6-5-9-25-14-17)27-21-8-7-18(24)12-19(20)21/h5-9,12-14,16H,2-4,10-11,15H2,1H3,(H,26,29)/t16-/m1/s1. The lowest BCUT2D eigenvalue weighted by Crippen LogP contribution is -2.43. The number of pyridine rings is 2. The zero-order valence-corrected chi connectivity index (χ0v) is 18.2. The van der Waals surface area contributed by atoms with Crippen molar-refractivity contribution in [2.24, 2.45) is 0 Å². The number of hydrogen-bond acceptors (Lipinski definition) is 4. The first-order valence-electron chi connectivity index (χ1n) is 10.1. The topological polar surface area (TPSA) is 58.1 Å². The summed E-state index contributed by atoms with van der Waals surface area (Å²) >= 11 is 3.52. The van der Waals surface area contributed by atoms with Crippen molar-refractivity contribution in [3.8, 4) is 11.3 Å². The molecule has 29 heavy (non-hydrogen) atoms. The second-order valence-electron chi connectivity index (χ2n) is 7.69. The molecule has 1 aliphatic heterocycles. The molecule has 4 rings (SSSR count). The second-order valence-corrected chi connectivity index (χ2v) is 8.61. The number of likely N-dealkylation sites (tertiary alicyclic amines) is 1. The highest BCUT2D eigenvalue weighted by molar-refractivity contribution is 9.10. The first-order chi connectivity index (χ1) is 14.1. The molecule has 3 aromatic rings. The van der Waals surface area contributed by atoms with Crippen molar-refractivity contribution >= 4 is 32.7 Å². The van der Waals surface area contributed by atoms with Gasteiger partial charge in [-0.3, -0.25) is 9.78 Å². The van der Waals surface area contributed by atoms with Gasteiger partial charge in [0.1, 0.15) is 0 Å². The molecule has 1 atom stereocenters. The maximum absolute atomic E-state index is 13.2. The van der Waals surface area contributed by atoms with E-state index in [1.54, 1.807) is 12.4 Å². The van der Waals surface area contributed by atoms with Gasteiger partial charge in [0.05, 0.1) is 16.8 Å². The van der Waals surface area contributed by atoms with Gasteiger partial charge in [0, 0.05) is 40.4 Å². The molecule has 0 radical (unpaired) electrons. The third-order valence-corrected chi connectivity index (χ3v) is 5.82. The van der Waals surface area contributed by atoms with Crippen LogP contribution in [0, 0.1) is 0 Å². The lowest BCUT2D eigenvalue weighted by molar-refractivity contribution is 0.0927. The molecule has 0 spiro atoms. The average Bonchev–Trinajstić information content (AvgIpc) is 2.74. The van der Waals surface area contributed by atoms with Gasteiger partial charge in [0.25, 0.3) is 5.91 Å². The molecule has 0 aliphatic carbocycles. The quantitative estimate of drug-likeness (QED) is 0.611. The van der Waals surface area contributed by atoms with Gasteiger partial charge in [-0.15, -0.1) is 0 Å². The van der Waals surface area contributed by atoms with Crippen LogP contribution in [0.15, 0.2) is 53.3 Å². The maximum atomic E-state index is 13.2. The number of hydrogen-bond donors (Lipinski definition) is 1. The summed E-state index contributed by atoms with van der Waals surface area (Å²) in [5, 5.41) is 4.04. The Morgan fingerprint density at radius 2 is 2.03 bits per heavy atom. The van der Waals surface area contributed by atoms with Crippen LogP contribution < -0.4 is 5.32 Å². The van der Waals surface area contributed by atoms with E-state index in [1.807, 2.05) is 36.4 Å². The number of nitrogens with zero attached hydrogens (tertiary/aromatic N) is 3. The fourth-order valence-electron chi connectivity index (χ4n) is 3.92. The van der Waals surface area contributed by atoms with Crippen molar-refractivity contribution in [1.82, 2.24) is 20.2 Å². The summed E-state index contributed by atoms with van der Waals surface area (Å²) in [5.41, 5.74) is 3.08. The molecule has 1 N–H and O–H groups in total. The Kier molecular flexibility index (Phi) is 6.21. The largest absolute Gasteiger partial charge is 0.348 e. The van der Waals surface area contributed by atoms with Crippen LogP contribution in [-0.4, -0.2) is 46.5 Å². The average molecular weight is 453 g/mol. The third kappa shape index (κ3) is 4.82. The highest BCUT2D eigenvalue weighted by Gasteiger charge is 2.19. The van der Waals surface area contributed by atoms with E-state index >= 15 is 0 Å². The SMILES string of the molecule is C[C@H](CN1CCCCC1)NC(=O)c1cc(-c2cccnc2)nc2ccc(Br)cc12. The number of nitrogens with one attached hydrogen (secondary N) is 1. The number of amides is 1. The summed E-state index contributed by atoms with van der Waals surface area (Å²) in [6, 6.07) is 11.6. The summed E-state index contributed by atoms with van der Waals surface area (Å²) in [6.07, 6.45) is 7.31. The van der Waals surface area contributed by atoms with Gasteiger partial charge < -0.3 is 10.2 Å². The maximum Gasteiger partial charge on any atom is 0.252 e. The normalized spacial score (nSPS) is 15.9. The minimum absolute atomic E-state index is 0.0647. The number of piperidine rings is 1. The monoisotopic (exact) mass is 452 g/mol. The van der Waals surface area contributed by atoms with Crippen LogP contribution in [-0.2, 0) is 0 Å². The molecule has 2 aromatic heterocycles. The number of carbonyl (C=O) groups is 1.